The third-order valence-corrected chi connectivity index (χ3v) is 5.44. The van der Waals surface area contributed by atoms with Crippen molar-refractivity contribution < 1.29 is 9.53 Å². The molecule has 3 aromatic carbocycles. The Morgan fingerprint density at radius 3 is 2.38 bits per heavy atom. The van der Waals surface area contributed by atoms with Gasteiger partial charge in [0.05, 0.1) is 0 Å². The fraction of sp³-hybridized carbons (Fsp3) is 0.185. The number of carbonyl (C=O) groups is 1. The highest BCUT2D eigenvalue weighted by atomic mass is 79.9. The summed E-state index contributed by atoms with van der Waals surface area (Å²) in [4.78, 5) is 12.8. The molecule has 32 heavy (non-hydrogen) atoms. The number of carbonyl (C=O) groups excluding carboxylic acids is 1. The van der Waals surface area contributed by atoms with Gasteiger partial charge < -0.3 is 10.1 Å². The van der Waals surface area contributed by atoms with Gasteiger partial charge in [0.25, 0.3) is 5.91 Å². The van der Waals surface area contributed by atoms with E-state index in [9.17, 15) is 10.1 Å². The lowest BCUT2D eigenvalue weighted by molar-refractivity contribution is -0.112. The first kappa shape index (κ1) is 23.3. The van der Waals surface area contributed by atoms with E-state index < -0.39 is 5.91 Å². The van der Waals surface area contributed by atoms with Gasteiger partial charge in [0.2, 0.25) is 0 Å². The zero-order valence-electron chi connectivity index (χ0n) is 18.6. The molecule has 0 fully saturated rings. The lowest BCUT2D eigenvalue weighted by atomic mass is 10.1. The standard InChI is InChI=1S/C27H25BrN2O2/c1-17-5-7-25(20(4)10-17)30-27(31)23(15-29)13-22-14-24(28)6-8-26(22)32-16-21-11-18(2)9-19(3)12-21/h5-14H,16H2,1-4H3,(H,30,31)/b23-13+. The van der Waals surface area contributed by atoms with E-state index in [2.05, 4.69) is 53.3 Å². The number of nitriles is 1. The SMILES string of the molecule is Cc1cc(C)cc(COc2ccc(Br)cc2/C=C(\C#N)C(=O)Nc2ccc(C)cc2C)c1. The van der Waals surface area contributed by atoms with Crippen molar-refractivity contribution in [1.82, 2.24) is 0 Å². The first-order valence-corrected chi connectivity index (χ1v) is 11.0. The molecule has 1 N–H and O–H groups in total. The highest BCUT2D eigenvalue weighted by molar-refractivity contribution is 9.10. The molecule has 4 nitrogen and oxygen atoms in total. The van der Waals surface area contributed by atoms with Gasteiger partial charge in [-0.15, -0.1) is 0 Å². The minimum absolute atomic E-state index is 0.000625. The molecule has 0 saturated carbocycles. The quantitative estimate of drug-likeness (QED) is 0.306. The Morgan fingerprint density at radius 2 is 1.72 bits per heavy atom. The number of benzene rings is 3. The van der Waals surface area contributed by atoms with E-state index in [1.165, 1.54) is 11.1 Å². The second kappa shape index (κ2) is 10.3. The summed E-state index contributed by atoms with van der Waals surface area (Å²) in [7, 11) is 0. The minimum atomic E-state index is -0.459. The van der Waals surface area contributed by atoms with E-state index in [1.807, 2.05) is 56.3 Å². The van der Waals surface area contributed by atoms with E-state index in [0.29, 0.717) is 23.6 Å². The van der Waals surface area contributed by atoms with Crippen molar-refractivity contribution in [3.05, 3.63) is 98.0 Å². The summed E-state index contributed by atoms with van der Waals surface area (Å²) in [6.45, 7) is 8.41. The summed E-state index contributed by atoms with van der Waals surface area (Å²) < 4.78 is 6.89. The summed E-state index contributed by atoms with van der Waals surface area (Å²) in [5.74, 6) is 0.138. The van der Waals surface area contributed by atoms with Crippen LogP contribution in [0.5, 0.6) is 5.75 Å². The summed E-state index contributed by atoms with van der Waals surface area (Å²) in [6, 6.07) is 19.6. The van der Waals surface area contributed by atoms with Crippen LogP contribution in [-0.4, -0.2) is 5.91 Å². The average Bonchev–Trinajstić information content (AvgIpc) is 2.72. The maximum absolute atomic E-state index is 12.8. The Morgan fingerprint density at radius 1 is 1.00 bits per heavy atom. The molecule has 5 heteroatoms. The topological polar surface area (TPSA) is 62.1 Å². The molecule has 0 aromatic heterocycles. The summed E-state index contributed by atoms with van der Waals surface area (Å²) in [6.07, 6.45) is 1.56. The van der Waals surface area contributed by atoms with Crippen LogP contribution in [0.1, 0.15) is 33.4 Å². The predicted molar refractivity (Wildman–Crippen MR) is 133 cm³/mol. The average molecular weight is 489 g/mol. The summed E-state index contributed by atoms with van der Waals surface area (Å²) in [5, 5.41) is 12.5. The van der Waals surface area contributed by atoms with Crippen LogP contribution in [0.25, 0.3) is 6.08 Å². The van der Waals surface area contributed by atoms with E-state index in [4.69, 9.17) is 4.74 Å². The largest absolute Gasteiger partial charge is 0.488 e. The Bertz CT molecular complexity index is 1220. The van der Waals surface area contributed by atoms with Crippen LogP contribution in [-0.2, 0) is 11.4 Å². The maximum atomic E-state index is 12.8. The second-order valence-electron chi connectivity index (χ2n) is 7.91. The van der Waals surface area contributed by atoms with Crippen molar-refractivity contribution >= 4 is 33.6 Å². The van der Waals surface area contributed by atoms with Crippen LogP contribution in [0.2, 0.25) is 0 Å². The molecule has 0 aliphatic heterocycles. The first-order valence-electron chi connectivity index (χ1n) is 10.2. The fourth-order valence-corrected chi connectivity index (χ4v) is 3.90. The molecule has 0 spiro atoms. The molecular weight excluding hydrogens is 464 g/mol. The van der Waals surface area contributed by atoms with Gasteiger partial charge in [-0.3, -0.25) is 4.79 Å². The van der Waals surface area contributed by atoms with Crippen molar-refractivity contribution in [1.29, 1.82) is 5.26 Å². The molecule has 3 rings (SSSR count). The number of ether oxygens (including phenoxy) is 1. The van der Waals surface area contributed by atoms with Crippen LogP contribution < -0.4 is 10.1 Å². The number of rotatable bonds is 6. The summed E-state index contributed by atoms with van der Waals surface area (Å²) >= 11 is 3.46. The Hall–Kier alpha value is -3.36. The molecule has 0 bridgehead atoms. The molecule has 0 aliphatic rings. The van der Waals surface area contributed by atoms with Gasteiger partial charge in [-0.25, -0.2) is 0 Å². The molecule has 0 saturated heterocycles. The van der Waals surface area contributed by atoms with E-state index in [-0.39, 0.29) is 5.57 Å². The molecule has 3 aromatic rings. The van der Waals surface area contributed by atoms with Crippen molar-refractivity contribution in [2.24, 2.45) is 0 Å². The smallest absolute Gasteiger partial charge is 0.266 e. The molecule has 0 unspecified atom stereocenters. The van der Waals surface area contributed by atoms with Gasteiger partial charge in [0.15, 0.2) is 0 Å². The predicted octanol–water partition coefficient (Wildman–Crippen LogP) is 6.81. The van der Waals surface area contributed by atoms with Crippen molar-refractivity contribution in [2.75, 3.05) is 5.32 Å². The van der Waals surface area contributed by atoms with Crippen LogP contribution in [0.15, 0.2) is 64.6 Å². The van der Waals surface area contributed by atoms with Gasteiger partial charge in [-0.1, -0.05) is 63.0 Å². The first-order chi connectivity index (χ1) is 15.2. The van der Waals surface area contributed by atoms with Gasteiger partial charge in [0.1, 0.15) is 24.0 Å². The molecular formula is C27H25BrN2O2. The number of anilines is 1. The lowest BCUT2D eigenvalue weighted by Gasteiger charge is -2.12. The highest BCUT2D eigenvalue weighted by Gasteiger charge is 2.13. The number of halogens is 1. The van der Waals surface area contributed by atoms with Gasteiger partial charge in [-0.05, 0) is 69.2 Å². The number of hydrogen-bond acceptors (Lipinski definition) is 3. The summed E-state index contributed by atoms with van der Waals surface area (Å²) in [5.41, 5.74) is 6.79. The van der Waals surface area contributed by atoms with Crippen molar-refractivity contribution in [3.8, 4) is 11.8 Å². The number of aryl methyl sites for hydroxylation is 4. The van der Waals surface area contributed by atoms with Crippen molar-refractivity contribution in [3.63, 3.8) is 0 Å². The lowest BCUT2D eigenvalue weighted by Crippen LogP contribution is -2.14. The zero-order valence-corrected chi connectivity index (χ0v) is 20.2. The molecule has 1 amide bonds. The van der Waals surface area contributed by atoms with E-state index in [0.717, 1.165) is 21.2 Å². The number of nitrogens with one attached hydrogen (secondary N) is 1. The minimum Gasteiger partial charge on any atom is -0.488 e. The van der Waals surface area contributed by atoms with Crippen LogP contribution >= 0.6 is 15.9 Å². The van der Waals surface area contributed by atoms with Crippen molar-refractivity contribution in [2.45, 2.75) is 34.3 Å². The van der Waals surface area contributed by atoms with Crippen LogP contribution in [0.3, 0.4) is 0 Å². The van der Waals surface area contributed by atoms with E-state index in [1.54, 1.807) is 6.08 Å². The highest BCUT2D eigenvalue weighted by Crippen LogP contribution is 2.27. The molecule has 0 heterocycles. The number of nitrogens with zero attached hydrogens (tertiary/aromatic N) is 1. The Balaban J connectivity index is 1.85. The fourth-order valence-electron chi connectivity index (χ4n) is 3.52. The molecule has 0 aliphatic carbocycles. The number of hydrogen-bond donors (Lipinski definition) is 1. The van der Waals surface area contributed by atoms with Gasteiger partial charge >= 0.3 is 0 Å². The third-order valence-electron chi connectivity index (χ3n) is 4.94. The normalized spacial score (nSPS) is 11.1. The zero-order chi connectivity index (χ0) is 23.3. The van der Waals surface area contributed by atoms with Crippen LogP contribution in [0.4, 0.5) is 5.69 Å². The molecule has 0 atom stereocenters. The molecule has 162 valence electrons. The molecule has 0 radical (unpaired) electrons. The van der Waals surface area contributed by atoms with Gasteiger partial charge in [0, 0.05) is 15.7 Å². The maximum Gasteiger partial charge on any atom is 0.266 e. The monoisotopic (exact) mass is 488 g/mol. The van der Waals surface area contributed by atoms with Crippen LogP contribution in [0, 0.1) is 39.0 Å². The Kier molecular flexibility index (Phi) is 7.50. The third kappa shape index (κ3) is 6.09. The van der Waals surface area contributed by atoms with E-state index >= 15 is 0 Å². The second-order valence-corrected chi connectivity index (χ2v) is 8.82. The Labute approximate surface area is 197 Å². The van der Waals surface area contributed by atoms with Gasteiger partial charge in [-0.2, -0.15) is 5.26 Å². The number of amides is 1.